The van der Waals surface area contributed by atoms with E-state index in [4.69, 9.17) is 0 Å². The molecule has 0 saturated heterocycles. The van der Waals surface area contributed by atoms with Crippen LogP contribution in [0.1, 0.15) is 13.8 Å². The number of pyridine rings is 1. The second-order valence-electron chi connectivity index (χ2n) is 5.44. The van der Waals surface area contributed by atoms with Crippen molar-refractivity contribution >= 4 is 16.6 Å². The monoisotopic (exact) mass is 243 g/mol. The summed E-state index contributed by atoms with van der Waals surface area (Å²) in [5, 5.41) is 5.85. The fraction of sp³-hybridized carbons (Fsp3) is 0.400. The Labute approximate surface area is 109 Å². The summed E-state index contributed by atoms with van der Waals surface area (Å²) in [5.41, 5.74) is 0.0959. The van der Waals surface area contributed by atoms with Crippen LogP contribution in [0.25, 0.3) is 10.8 Å². The molecule has 0 atom stereocenters. The topological polar surface area (TPSA) is 28.2 Å². The summed E-state index contributed by atoms with van der Waals surface area (Å²) in [4.78, 5) is 6.65. The number of rotatable bonds is 4. The van der Waals surface area contributed by atoms with Crippen molar-refractivity contribution in [1.82, 2.24) is 9.88 Å². The molecule has 0 amide bonds. The van der Waals surface area contributed by atoms with Crippen molar-refractivity contribution < 1.29 is 0 Å². The van der Waals surface area contributed by atoms with E-state index in [9.17, 15) is 0 Å². The van der Waals surface area contributed by atoms with E-state index in [0.717, 1.165) is 12.4 Å². The SMILES string of the molecule is CN(C)C(C)(C)CNc1nccc2ccccc12. The molecule has 0 fully saturated rings. The highest BCUT2D eigenvalue weighted by Gasteiger charge is 2.20. The van der Waals surface area contributed by atoms with Crippen LogP contribution in [-0.2, 0) is 0 Å². The molecule has 0 aliphatic heterocycles. The first-order valence-corrected chi connectivity index (χ1v) is 6.26. The average Bonchev–Trinajstić information content (AvgIpc) is 2.36. The summed E-state index contributed by atoms with van der Waals surface area (Å²) in [5.74, 6) is 0.961. The molecule has 2 rings (SSSR count). The first-order chi connectivity index (χ1) is 8.50. The zero-order valence-electron chi connectivity index (χ0n) is 11.6. The van der Waals surface area contributed by atoms with Gasteiger partial charge in [0.15, 0.2) is 0 Å². The molecular weight excluding hydrogens is 222 g/mol. The normalized spacial score (nSPS) is 12.1. The Hall–Kier alpha value is -1.61. The van der Waals surface area contributed by atoms with E-state index in [2.05, 4.69) is 61.3 Å². The lowest BCUT2D eigenvalue weighted by Crippen LogP contribution is -2.44. The molecule has 0 spiro atoms. The lowest BCUT2D eigenvalue weighted by molar-refractivity contribution is 0.210. The summed E-state index contributed by atoms with van der Waals surface area (Å²) in [7, 11) is 4.19. The first kappa shape index (κ1) is 12.8. The highest BCUT2D eigenvalue weighted by atomic mass is 15.2. The summed E-state index contributed by atoms with van der Waals surface area (Å²) >= 11 is 0. The molecule has 3 heteroatoms. The summed E-state index contributed by atoms with van der Waals surface area (Å²) in [6, 6.07) is 10.4. The summed E-state index contributed by atoms with van der Waals surface area (Å²) in [6.45, 7) is 5.29. The van der Waals surface area contributed by atoms with Gasteiger partial charge in [-0.1, -0.05) is 24.3 Å². The van der Waals surface area contributed by atoms with E-state index in [1.807, 2.05) is 18.3 Å². The van der Waals surface area contributed by atoms with Gasteiger partial charge in [0.2, 0.25) is 0 Å². The molecular formula is C15H21N3. The Morgan fingerprint density at radius 2 is 1.89 bits per heavy atom. The number of aromatic nitrogens is 1. The lowest BCUT2D eigenvalue weighted by Gasteiger charge is -2.32. The molecule has 0 aliphatic rings. The standard InChI is InChI=1S/C15H21N3/c1-15(2,18(3)4)11-17-14-13-8-6-5-7-12(13)9-10-16-14/h5-10H,11H2,1-4H3,(H,16,17). The van der Waals surface area contributed by atoms with Gasteiger partial charge in [0.25, 0.3) is 0 Å². The molecule has 0 unspecified atom stereocenters. The average molecular weight is 243 g/mol. The van der Waals surface area contributed by atoms with Gasteiger partial charge in [-0.3, -0.25) is 0 Å². The van der Waals surface area contributed by atoms with Crippen LogP contribution in [0.2, 0.25) is 0 Å². The van der Waals surface area contributed by atoms with E-state index in [1.165, 1.54) is 10.8 Å². The minimum Gasteiger partial charge on any atom is -0.368 e. The van der Waals surface area contributed by atoms with Gasteiger partial charge in [-0.2, -0.15) is 0 Å². The van der Waals surface area contributed by atoms with E-state index in [-0.39, 0.29) is 5.54 Å². The first-order valence-electron chi connectivity index (χ1n) is 6.26. The molecule has 0 radical (unpaired) electrons. The number of hydrogen-bond donors (Lipinski definition) is 1. The zero-order chi connectivity index (χ0) is 13.2. The van der Waals surface area contributed by atoms with E-state index in [1.54, 1.807) is 0 Å². The molecule has 96 valence electrons. The number of fused-ring (bicyclic) bond motifs is 1. The number of anilines is 1. The molecule has 0 bridgehead atoms. The highest BCUT2D eigenvalue weighted by Crippen LogP contribution is 2.21. The predicted molar refractivity (Wildman–Crippen MR) is 78.0 cm³/mol. The Balaban J connectivity index is 2.22. The van der Waals surface area contributed by atoms with Crippen LogP contribution in [-0.4, -0.2) is 36.1 Å². The molecule has 0 saturated carbocycles. The van der Waals surface area contributed by atoms with Crippen LogP contribution in [0.3, 0.4) is 0 Å². The predicted octanol–water partition coefficient (Wildman–Crippen LogP) is 2.99. The second kappa shape index (κ2) is 4.94. The number of nitrogens with one attached hydrogen (secondary N) is 1. The molecule has 1 aromatic heterocycles. The molecule has 3 nitrogen and oxygen atoms in total. The number of nitrogens with zero attached hydrogens (tertiary/aromatic N) is 2. The fourth-order valence-corrected chi connectivity index (χ4v) is 1.72. The van der Waals surface area contributed by atoms with Gasteiger partial charge in [-0.15, -0.1) is 0 Å². The van der Waals surface area contributed by atoms with Crippen molar-refractivity contribution in [1.29, 1.82) is 0 Å². The van der Waals surface area contributed by atoms with E-state index >= 15 is 0 Å². The quantitative estimate of drug-likeness (QED) is 0.894. The minimum atomic E-state index is 0.0959. The van der Waals surface area contributed by atoms with Crippen molar-refractivity contribution in [2.24, 2.45) is 0 Å². The van der Waals surface area contributed by atoms with Crippen molar-refractivity contribution in [2.75, 3.05) is 26.0 Å². The Morgan fingerprint density at radius 3 is 2.61 bits per heavy atom. The minimum absolute atomic E-state index is 0.0959. The van der Waals surface area contributed by atoms with Crippen LogP contribution in [0.15, 0.2) is 36.5 Å². The van der Waals surface area contributed by atoms with Gasteiger partial charge in [0, 0.05) is 23.7 Å². The summed E-state index contributed by atoms with van der Waals surface area (Å²) < 4.78 is 0. The van der Waals surface area contributed by atoms with Crippen molar-refractivity contribution in [3.05, 3.63) is 36.5 Å². The van der Waals surface area contributed by atoms with Crippen LogP contribution in [0.5, 0.6) is 0 Å². The lowest BCUT2D eigenvalue weighted by atomic mass is 10.0. The molecule has 1 aromatic carbocycles. The van der Waals surface area contributed by atoms with Crippen molar-refractivity contribution in [3.63, 3.8) is 0 Å². The van der Waals surface area contributed by atoms with Gasteiger partial charge in [-0.05, 0) is 39.4 Å². The number of hydrogen-bond acceptors (Lipinski definition) is 3. The Kier molecular flexibility index (Phi) is 3.53. The van der Waals surface area contributed by atoms with Crippen LogP contribution in [0, 0.1) is 0 Å². The largest absolute Gasteiger partial charge is 0.368 e. The van der Waals surface area contributed by atoms with Gasteiger partial charge in [-0.25, -0.2) is 4.98 Å². The van der Waals surface area contributed by atoms with Crippen LogP contribution >= 0.6 is 0 Å². The molecule has 1 N–H and O–H groups in total. The van der Waals surface area contributed by atoms with Crippen molar-refractivity contribution in [3.8, 4) is 0 Å². The maximum Gasteiger partial charge on any atom is 0.133 e. The van der Waals surface area contributed by atoms with Crippen LogP contribution in [0.4, 0.5) is 5.82 Å². The fourth-order valence-electron chi connectivity index (χ4n) is 1.72. The highest BCUT2D eigenvalue weighted by molar-refractivity contribution is 5.91. The van der Waals surface area contributed by atoms with E-state index < -0.39 is 0 Å². The smallest absolute Gasteiger partial charge is 0.133 e. The number of likely N-dealkylation sites (N-methyl/N-ethyl adjacent to an activating group) is 1. The van der Waals surface area contributed by atoms with Gasteiger partial charge >= 0.3 is 0 Å². The molecule has 1 heterocycles. The molecule has 2 aromatic rings. The third kappa shape index (κ3) is 2.62. The summed E-state index contributed by atoms with van der Waals surface area (Å²) in [6.07, 6.45) is 1.85. The third-order valence-corrected chi connectivity index (χ3v) is 3.57. The number of benzene rings is 1. The van der Waals surface area contributed by atoms with Crippen LogP contribution < -0.4 is 5.32 Å². The zero-order valence-corrected chi connectivity index (χ0v) is 11.6. The molecule has 18 heavy (non-hydrogen) atoms. The Bertz CT molecular complexity index is 527. The molecule has 0 aliphatic carbocycles. The van der Waals surface area contributed by atoms with Gasteiger partial charge in [0.05, 0.1) is 0 Å². The Morgan fingerprint density at radius 1 is 1.17 bits per heavy atom. The van der Waals surface area contributed by atoms with Crippen molar-refractivity contribution in [2.45, 2.75) is 19.4 Å². The van der Waals surface area contributed by atoms with Gasteiger partial charge in [0.1, 0.15) is 5.82 Å². The third-order valence-electron chi connectivity index (χ3n) is 3.57. The maximum atomic E-state index is 4.44. The second-order valence-corrected chi connectivity index (χ2v) is 5.44. The maximum absolute atomic E-state index is 4.44. The van der Waals surface area contributed by atoms with E-state index in [0.29, 0.717) is 0 Å². The van der Waals surface area contributed by atoms with Gasteiger partial charge < -0.3 is 10.2 Å².